The van der Waals surface area contributed by atoms with Gasteiger partial charge in [0.1, 0.15) is 5.75 Å². The summed E-state index contributed by atoms with van der Waals surface area (Å²) in [7, 11) is 0. The Kier molecular flexibility index (Phi) is 4.06. The van der Waals surface area contributed by atoms with Gasteiger partial charge in [-0.3, -0.25) is 4.99 Å². The quantitative estimate of drug-likeness (QED) is 0.825. The minimum absolute atomic E-state index is 0.300. The molecule has 0 saturated carbocycles. The van der Waals surface area contributed by atoms with Crippen molar-refractivity contribution in [2.45, 2.75) is 13.3 Å². The van der Waals surface area contributed by atoms with Gasteiger partial charge >= 0.3 is 6.36 Å². The van der Waals surface area contributed by atoms with E-state index in [-0.39, 0.29) is 5.75 Å². The van der Waals surface area contributed by atoms with Crippen molar-refractivity contribution in [2.75, 3.05) is 32.7 Å². The third-order valence-corrected chi connectivity index (χ3v) is 4.18. The number of nitrogens with zero attached hydrogens (tertiary/aromatic N) is 5. The molecule has 26 heavy (non-hydrogen) atoms. The Bertz CT molecular complexity index is 811. The van der Waals surface area contributed by atoms with E-state index < -0.39 is 6.36 Å². The highest BCUT2D eigenvalue weighted by Crippen LogP contribution is 2.34. The lowest BCUT2D eigenvalue weighted by Crippen LogP contribution is -2.54. The highest BCUT2D eigenvalue weighted by molar-refractivity contribution is 6.16. The number of rotatable bonds is 1. The lowest BCUT2D eigenvalue weighted by molar-refractivity contribution is -0.274. The van der Waals surface area contributed by atoms with E-state index in [0.717, 1.165) is 31.9 Å². The molecule has 10 heteroatoms. The van der Waals surface area contributed by atoms with Crippen molar-refractivity contribution in [1.82, 2.24) is 15.2 Å². The molecule has 4 rings (SSSR count). The number of fused-ring (bicyclic) bond motifs is 3. The zero-order valence-electron chi connectivity index (χ0n) is 14.0. The fourth-order valence-corrected chi connectivity index (χ4v) is 3.06. The van der Waals surface area contributed by atoms with E-state index in [9.17, 15) is 13.2 Å². The molecule has 0 unspecified atom stereocenters. The van der Waals surface area contributed by atoms with Crippen molar-refractivity contribution in [3.63, 3.8) is 0 Å². The second-order valence-corrected chi connectivity index (χ2v) is 6.16. The first-order valence-electron chi connectivity index (χ1n) is 8.24. The van der Waals surface area contributed by atoms with E-state index in [2.05, 4.69) is 30.0 Å². The van der Waals surface area contributed by atoms with Crippen molar-refractivity contribution in [3.8, 4) is 5.75 Å². The molecule has 3 heterocycles. The summed E-state index contributed by atoms with van der Waals surface area (Å²) in [6.07, 6.45) is -4.75. The Balaban J connectivity index is 1.76. The highest BCUT2D eigenvalue weighted by Gasteiger charge is 2.35. The first-order chi connectivity index (χ1) is 12.4. The number of alkyl halides is 3. The molecule has 3 aliphatic heterocycles. The van der Waals surface area contributed by atoms with Crippen molar-refractivity contribution in [3.05, 3.63) is 23.8 Å². The Labute approximate surface area is 147 Å². The molecular weight excluding hydrogens is 349 g/mol. The van der Waals surface area contributed by atoms with E-state index in [1.807, 2.05) is 6.92 Å². The fraction of sp³-hybridized carbons (Fsp3) is 0.438. The Morgan fingerprint density at radius 2 is 1.96 bits per heavy atom. The number of piperazine rings is 1. The molecule has 0 aliphatic carbocycles. The van der Waals surface area contributed by atoms with Crippen LogP contribution in [0.4, 0.5) is 18.9 Å². The van der Waals surface area contributed by atoms with Gasteiger partial charge in [-0.25, -0.2) is 4.99 Å². The van der Waals surface area contributed by atoms with Gasteiger partial charge in [0, 0.05) is 31.7 Å². The van der Waals surface area contributed by atoms with Gasteiger partial charge in [0.25, 0.3) is 0 Å². The highest BCUT2D eigenvalue weighted by atomic mass is 19.4. The molecule has 0 amide bonds. The molecule has 7 nitrogen and oxygen atoms in total. The Hall–Kier alpha value is -2.62. The van der Waals surface area contributed by atoms with Gasteiger partial charge in [-0.2, -0.15) is 10.1 Å². The smallest absolute Gasteiger partial charge is 0.406 e. The van der Waals surface area contributed by atoms with Crippen LogP contribution in [0.1, 0.15) is 12.5 Å². The van der Waals surface area contributed by atoms with Gasteiger partial charge in [0.05, 0.1) is 17.9 Å². The van der Waals surface area contributed by atoms with Crippen LogP contribution >= 0.6 is 0 Å². The number of amidine groups is 1. The summed E-state index contributed by atoms with van der Waals surface area (Å²) in [5, 5.41) is 9.42. The summed E-state index contributed by atoms with van der Waals surface area (Å²) in [5.41, 5.74) is 1.84. The van der Waals surface area contributed by atoms with Crippen LogP contribution in [-0.2, 0) is 0 Å². The van der Waals surface area contributed by atoms with Crippen molar-refractivity contribution in [2.24, 2.45) is 15.1 Å². The molecule has 1 aromatic carbocycles. The summed E-state index contributed by atoms with van der Waals surface area (Å²) in [5.74, 6) is 0.828. The van der Waals surface area contributed by atoms with Crippen LogP contribution in [0.5, 0.6) is 5.75 Å². The zero-order chi connectivity index (χ0) is 18.3. The summed E-state index contributed by atoms with van der Waals surface area (Å²) in [6, 6.07) is 4.09. The van der Waals surface area contributed by atoms with Crippen LogP contribution in [0.15, 0.2) is 33.3 Å². The number of ether oxygens (including phenoxy) is 1. The summed E-state index contributed by atoms with van der Waals surface area (Å²) >= 11 is 0. The van der Waals surface area contributed by atoms with E-state index in [0.29, 0.717) is 29.6 Å². The molecule has 0 radical (unpaired) electrons. The molecule has 1 saturated heterocycles. The molecule has 0 spiro atoms. The van der Waals surface area contributed by atoms with Gasteiger partial charge < -0.3 is 15.0 Å². The van der Waals surface area contributed by atoms with Gasteiger partial charge in [-0.15, -0.1) is 13.2 Å². The minimum atomic E-state index is -4.75. The average Bonchev–Trinajstić information content (AvgIpc) is 2.60. The normalized spacial score (nSPS) is 19.9. The molecule has 0 bridgehead atoms. The second kappa shape index (κ2) is 6.27. The predicted octanol–water partition coefficient (Wildman–Crippen LogP) is 1.93. The van der Waals surface area contributed by atoms with Gasteiger partial charge in [-0.1, -0.05) is 0 Å². The minimum Gasteiger partial charge on any atom is -0.406 e. The SMILES string of the molecule is CC1=NN2C(=NC1)c1cc(OC(F)(F)F)ccc1N=C2N1CCNCC1. The van der Waals surface area contributed by atoms with Crippen LogP contribution < -0.4 is 10.1 Å². The van der Waals surface area contributed by atoms with E-state index in [1.165, 1.54) is 18.2 Å². The van der Waals surface area contributed by atoms with Crippen molar-refractivity contribution < 1.29 is 17.9 Å². The lowest BCUT2D eigenvalue weighted by atomic mass is 10.1. The molecule has 1 N–H and O–H groups in total. The Morgan fingerprint density at radius 3 is 2.69 bits per heavy atom. The van der Waals surface area contributed by atoms with Crippen LogP contribution in [-0.4, -0.2) is 66.5 Å². The number of hydrogen-bond donors (Lipinski definition) is 1. The maximum Gasteiger partial charge on any atom is 0.573 e. The van der Waals surface area contributed by atoms with Gasteiger partial charge in [0.15, 0.2) is 5.84 Å². The average molecular weight is 366 g/mol. The number of hydrazone groups is 1. The summed E-state index contributed by atoms with van der Waals surface area (Å²) < 4.78 is 41.6. The fourth-order valence-electron chi connectivity index (χ4n) is 3.06. The van der Waals surface area contributed by atoms with Crippen LogP contribution in [0, 0.1) is 0 Å². The molecule has 3 aliphatic rings. The number of hydrogen-bond acceptors (Lipinski definition) is 7. The summed E-state index contributed by atoms with van der Waals surface area (Å²) in [4.78, 5) is 11.2. The van der Waals surface area contributed by atoms with Gasteiger partial charge in [-0.05, 0) is 25.1 Å². The van der Waals surface area contributed by atoms with Crippen LogP contribution in [0.3, 0.4) is 0 Å². The standard InChI is InChI=1S/C16H17F3N6O/c1-10-9-21-14-12-8-11(26-16(17,18)19)2-3-13(12)22-15(25(14)23-10)24-6-4-20-5-7-24/h2-3,8,20H,4-7,9H2,1H3. The number of benzene rings is 1. The first kappa shape index (κ1) is 16.8. The van der Waals surface area contributed by atoms with Gasteiger partial charge in [0.2, 0.25) is 5.96 Å². The van der Waals surface area contributed by atoms with Crippen molar-refractivity contribution in [1.29, 1.82) is 0 Å². The van der Waals surface area contributed by atoms with Crippen LogP contribution in [0.25, 0.3) is 0 Å². The molecule has 1 fully saturated rings. The lowest BCUT2D eigenvalue weighted by Gasteiger charge is -2.38. The molecule has 138 valence electrons. The molecular formula is C16H17F3N6O. The number of nitrogens with one attached hydrogen (secondary N) is 1. The van der Waals surface area contributed by atoms with E-state index in [4.69, 9.17) is 0 Å². The maximum absolute atomic E-state index is 12.5. The topological polar surface area (TPSA) is 64.8 Å². The molecule has 0 atom stereocenters. The summed E-state index contributed by atoms with van der Waals surface area (Å²) in [6.45, 7) is 5.43. The van der Waals surface area contributed by atoms with Crippen LogP contribution in [0.2, 0.25) is 0 Å². The van der Waals surface area contributed by atoms with E-state index in [1.54, 1.807) is 5.01 Å². The van der Waals surface area contributed by atoms with E-state index >= 15 is 0 Å². The third-order valence-electron chi connectivity index (χ3n) is 4.18. The monoisotopic (exact) mass is 366 g/mol. The Morgan fingerprint density at radius 1 is 1.19 bits per heavy atom. The molecule has 1 aromatic rings. The first-order valence-corrected chi connectivity index (χ1v) is 8.24. The molecule has 0 aromatic heterocycles. The maximum atomic E-state index is 12.5. The number of guanidine groups is 1. The zero-order valence-corrected chi connectivity index (χ0v) is 14.0. The third kappa shape index (κ3) is 3.24. The number of aliphatic imine (C=N–C) groups is 2. The van der Waals surface area contributed by atoms with Crippen molar-refractivity contribution >= 4 is 23.2 Å². The number of halogens is 3. The second-order valence-electron chi connectivity index (χ2n) is 6.16. The largest absolute Gasteiger partial charge is 0.573 e. The predicted molar refractivity (Wildman–Crippen MR) is 91.0 cm³/mol.